The van der Waals surface area contributed by atoms with E-state index in [9.17, 15) is 9.59 Å². The number of para-hydroxylation sites is 1. The summed E-state index contributed by atoms with van der Waals surface area (Å²) in [6.07, 6.45) is 1.50. The Morgan fingerprint density at radius 3 is 2.77 bits per heavy atom. The largest absolute Gasteiger partial charge is 0.376 e. The van der Waals surface area contributed by atoms with Gasteiger partial charge in [0, 0.05) is 30.9 Å². The fourth-order valence-electron chi connectivity index (χ4n) is 2.76. The Labute approximate surface area is 156 Å². The molecular weight excluding hydrogens is 352 g/mol. The zero-order valence-corrected chi connectivity index (χ0v) is 15.3. The number of nitrogens with one attached hydrogen (secondary N) is 1. The molecular formula is C19H19ClN4O2. The van der Waals surface area contributed by atoms with Crippen molar-refractivity contribution >= 4 is 39.8 Å². The number of carbonyl (C=O) groups is 1. The maximum atomic E-state index is 12.4. The summed E-state index contributed by atoms with van der Waals surface area (Å²) in [5.41, 5.74) is 2.11. The third-order valence-corrected chi connectivity index (χ3v) is 4.26. The zero-order valence-electron chi connectivity index (χ0n) is 14.6. The molecule has 0 radical (unpaired) electrons. The first-order chi connectivity index (χ1) is 12.5. The van der Waals surface area contributed by atoms with E-state index in [1.165, 1.54) is 6.20 Å². The highest BCUT2D eigenvalue weighted by Crippen LogP contribution is 2.27. The molecule has 1 N–H and O–H groups in total. The Morgan fingerprint density at radius 1 is 1.23 bits per heavy atom. The molecule has 2 aromatic carbocycles. The molecule has 0 atom stereocenters. The standard InChI is InChI=1S/C19H19ClN4O2/c1-23(2)17-8-7-13(20)11-15(17)22-19(26)9-10-24-16-6-4-3-5-14(16)18(25)12-21-24/h3-8,11-12H,9-10H2,1-2H3,(H,22,26). The molecule has 0 aliphatic carbocycles. The first kappa shape index (κ1) is 17.9. The SMILES string of the molecule is CN(C)c1ccc(Cl)cc1NC(=O)CCn1ncc(=O)c2ccccc21. The second-order valence-electron chi connectivity index (χ2n) is 6.10. The van der Waals surface area contributed by atoms with Crippen molar-refractivity contribution < 1.29 is 4.79 Å². The number of halogens is 1. The summed E-state index contributed by atoms with van der Waals surface area (Å²) >= 11 is 6.04. The van der Waals surface area contributed by atoms with E-state index < -0.39 is 0 Å². The van der Waals surface area contributed by atoms with E-state index >= 15 is 0 Å². The van der Waals surface area contributed by atoms with Crippen LogP contribution in [0.5, 0.6) is 0 Å². The van der Waals surface area contributed by atoms with Gasteiger partial charge in [0.15, 0.2) is 0 Å². The van der Waals surface area contributed by atoms with Gasteiger partial charge in [-0.3, -0.25) is 14.3 Å². The summed E-state index contributed by atoms with van der Waals surface area (Å²) in [5, 5.41) is 8.18. The molecule has 0 saturated carbocycles. The van der Waals surface area contributed by atoms with Gasteiger partial charge in [-0.05, 0) is 30.3 Å². The Morgan fingerprint density at radius 2 is 2.00 bits per heavy atom. The molecule has 1 aromatic heterocycles. The highest BCUT2D eigenvalue weighted by atomic mass is 35.5. The number of fused-ring (bicyclic) bond motifs is 1. The Bertz CT molecular complexity index is 1010. The van der Waals surface area contributed by atoms with Crippen LogP contribution in [0.15, 0.2) is 53.5 Å². The average molecular weight is 371 g/mol. The van der Waals surface area contributed by atoms with Crippen LogP contribution in [-0.4, -0.2) is 29.8 Å². The topological polar surface area (TPSA) is 67.2 Å². The minimum absolute atomic E-state index is 0.129. The molecule has 3 aromatic rings. The molecule has 0 saturated heterocycles. The van der Waals surface area contributed by atoms with Crippen LogP contribution in [0.4, 0.5) is 11.4 Å². The lowest BCUT2D eigenvalue weighted by Gasteiger charge is -2.18. The molecule has 0 bridgehead atoms. The molecule has 0 aliphatic heterocycles. The van der Waals surface area contributed by atoms with Crippen molar-refractivity contribution in [3.63, 3.8) is 0 Å². The van der Waals surface area contributed by atoms with Crippen LogP contribution in [0.1, 0.15) is 6.42 Å². The van der Waals surface area contributed by atoms with E-state index in [1.54, 1.807) is 22.9 Å². The maximum Gasteiger partial charge on any atom is 0.226 e. The van der Waals surface area contributed by atoms with Crippen molar-refractivity contribution in [1.82, 2.24) is 9.78 Å². The Hall–Kier alpha value is -2.86. The number of carbonyl (C=O) groups excluding carboxylic acids is 1. The molecule has 26 heavy (non-hydrogen) atoms. The smallest absolute Gasteiger partial charge is 0.226 e. The van der Waals surface area contributed by atoms with E-state index in [0.29, 0.717) is 28.2 Å². The van der Waals surface area contributed by atoms with Gasteiger partial charge in [0.05, 0.1) is 29.6 Å². The molecule has 3 rings (SSSR count). The quantitative estimate of drug-likeness (QED) is 0.749. The van der Waals surface area contributed by atoms with Crippen LogP contribution in [0.25, 0.3) is 10.9 Å². The zero-order chi connectivity index (χ0) is 18.7. The summed E-state index contributed by atoms with van der Waals surface area (Å²) in [6.45, 7) is 0.366. The number of benzene rings is 2. The third-order valence-electron chi connectivity index (χ3n) is 4.03. The van der Waals surface area contributed by atoms with E-state index in [2.05, 4.69) is 10.4 Å². The third kappa shape index (κ3) is 3.86. The highest BCUT2D eigenvalue weighted by molar-refractivity contribution is 6.31. The lowest BCUT2D eigenvalue weighted by molar-refractivity contribution is -0.116. The molecule has 134 valence electrons. The van der Waals surface area contributed by atoms with Gasteiger partial charge in [0.25, 0.3) is 0 Å². The number of hydrogen-bond donors (Lipinski definition) is 1. The molecule has 1 amide bonds. The first-order valence-electron chi connectivity index (χ1n) is 8.17. The number of aromatic nitrogens is 2. The predicted octanol–water partition coefficient (Wildman–Crippen LogP) is 3.14. The van der Waals surface area contributed by atoms with Gasteiger partial charge in [-0.1, -0.05) is 23.7 Å². The van der Waals surface area contributed by atoms with Crippen molar-refractivity contribution in [3.8, 4) is 0 Å². The van der Waals surface area contributed by atoms with Crippen molar-refractivity contribution in [3.05, 3.63) is 63.9 Å². The van der Waals surface area contributed by atoms with Crippen LogP contribution in [0.2, 0.25) is 5.02 Å². The molecule has 1 heterocycles. The number of nitrogens with zero attached hydrogens (tertiary/aromatic N) is 3. The van der Waals surface area contributed by atoms with Gasteiger partial charge in [-0.2, -0.15) is 5.10 Å². The Balaban J connectivity index is 1.76. The van der Waals surface area contributed by atoms with Gasteiger partial charge < -0.3 is 10.2 Å². The van der Waals surface area contributed by atoms with Crippen LogP contribution in [0.3, 0.4) is 0 Å². The summed E-state index contributed by atoms with van der Waals surface area (Å²) in [7, 11) is 3.80. The van der Waals surface area contributed by atoms with E-state index in [0.717, 1.165) is 5.69 Å². The number of hydrogen-bond acceptors (Lipinski definition) is 4. The second-order valence-corrected chi connectivity index (χ2v) is 6.54. The minimum atomic E-state index is -0.153. The Kier molecular flexibility index (Phi) is 5.23. The minimum Gasteiger partial charge on any atom is -0.376 e. The fraction of sp³-hybridized carbons (Fsp3) is 0.211. The summed E-state index contributed by atoms with van der Waals surface area (Å²) in [5.74, 6) is -0.153. The predicted molar refractivity (Wildman–Crippen MR) is 105 cm³/mol. The van der Waals surface area contributed by atoms with Gasteiger partial charge in [-0.25, -0.2) is 0 Å². The van der Waals surface area contributed by atoms with Crippen LogP contribution < -0.4 is 15.6 Å². The van der Waals surface area contributed by atoms with Crippen LogP contribution in [-0.2, 0) is 11.3 Å². The number of anilines is 2. The monoisotopic (exact) mass is 370 g/mol. The summed E-state index contributed by atoms with van der Waals surface area (Å²) < 4.78 is 1.67. The molecule has 0 spiro atoms. The molecule has 0 aliphatic rings. The number of rotatable bonds is 5. The fourth-order valence-corrected chi connectivity index (χ4v) is 2.93. The van der Waals surface area contributed by atoms with Crippen LogP contribution >= 0.6 is 11.6 Å². The number of aryl methyl sites for hydroxylation is 1. The second kappa shape index (κ2) is 7.58. The number of amides is 1. The lowest BCUT2D eigenvalue weighted by atomic mass is 10.2. The van der Waals surface area contributed by atoms with E-state index in [-0.39, 0.29) is 17.8 Å². The average Bonchev–Trinajstić information content (AvgIpc) is 2.61. The summed E-state index contributed by atoms with van der Waals surface area (Å²) in [6, 6.07) is 12.6. The molecule has 6 nitrogen and oxygen atoms in total. The molecule has 0 fully saturated rings. The maximum absolute atomic E-state index is 12.4. The highest BCUT2D eigenvalue weighted by Gasteiger charge is 2.11. The van der Waals surface area contributed by atoms with E-state index in [1.807, 2.05) is 43.3 Å². The summed E-state index contributed by atoms with van der Waals surface area (Å²) in [4.78, 5) is 26.2. The van der Waals surface area contributed by atoms with Crippen LogP contribution in [0, 0.1) is 0 Å². The van der Waals surface area contributed by atoms with Crippen molar-refractivity contribution in [1.29, 1.82) is 0 Å². The van der Waals surface area contributed by atoms with Gasteiger partial charge in [0.2, 0.25) is 11.3 Å². The van der Waals surface area contributed by atoms with Crippen molar-refractivity contribution in [2.24, 2.45) is 0 Å². The van der Waals surface area contributed by atoms with Gasteiger partial charge >= 0.3 is 0 Å². The molecule has 0 unspecified atom stereocenters. The van der Waals surface area contributed by atoms with E-state index in [4.69, 9.17) is 11.6 Å². The van der Waals surface area contributed by atoms with Gasteiger partial charge in [-0.15, -0.1) is 0 Å². The van der Waals surface area contributed by atoms with Crippen molar-refractivity contribution in [2.75, 3.05) is 24.3 Å². The molecule has 7 heteroatoms. The first-order valence-corrected chi connectivity index (χ1v) is 8.55. The van der Waals surface area contributed by atoms with Crippen molar-refractivity contribution in [2.45, 2.75) is 13.0 Å². The normalized spacial score (nSPS) is 10.7. The van der Waals surface area contributed by atoms with Gasteiger partial charge in [0.1, 0.15) is 0 Å². The lowest BCUT2D eigenvalue weighted by Crippen LogP contribution is -2.19.